The van der Waals surface area contributed by atoms with Crippen molar-refractivity contribution in [2.24, 2.45) is 5.92 Å². The van der Waals surface area contributed by atoms with Crippen LogP contribution in [-0.4, -0.2) is 18.1 Å². The summed E-state index contributed by atoms with van der Waals surface area (Å²) in [6.07, 6.45) is 7.50. The van der Waals surface area contributed by atoms with Gasteiger partial charge < -0.3 is 4.90 Å². The molecule has 2 nitrogen and oxygen atoms in total. The fraction of sp³-hybridized carbons (Fsp3) is 0.353. The van der Waals surface area contributed by atoms with Crippen molar-refractivity contribution in [3.63, 3.8) is 0 Å². The molecule has 1 aliphatic rings. The summed E-state index contributed by atoms with van der Waals surface area (Å²) in [7, 11) is 0. The number of anilines is 1. The van der Waals surface area contributed by atoms with E-state index >= 15 is 0 Å². The van der Waals surface area contributed by atoms with Crippen molar-refractivity contribution in [1.82, 2.24) is 4.98 Å². The van der Waals surface area contributed by atoms with Gasteiger partial charge in [-0.25, -0.2) is 0 Å². The van der Waals surface area contributed by atoms with E-state index in [1.54, 1.807) is 0 Å². The van der Waals surface area contributed by atoms with Gasteiger partial charge in [-0.2, -0.15) is 0 Å². The van der Waals surface area contributed by atoms with Crippen LogP contribution in [0.15, 0.2) is 53.3 Å². The van der Waals surface area contributed by atoms with Crippen LogP contribution in [0.1, 0.15) is 18.4 Å². The average molecular weight is 331 g/mol. The number of rotatable bonds is 3. The van der Waals surface area contributed by atoms with Gasteiger partial charge in [0.15, 0.2) is 0 Å². The summed E-state index contributed by atoms with van der Waals surface area (Å²) >= 11 is 3.60. The Labute approximate surface area is 129 Å². The molecule has 2 aromatic rings. The van der Waals surface area contributed by atoms with E-state index in [1.807, 2.05) is 12.4 Å². The van der Waals surface area contributed by atoms with Crippen LogP contribution in [0.3, 0.4) is 0 Å². The predicted octanol–water partition coefficient (Wildman–Crippen LogP) is 4.30. The van der Waals surface area contributed by atoms with Crippen molar-refractivity contribution in [3.8, 4) is 0 Å². The Kier molecular flexibility index (Phi) is 4.36. The molecular weight excluding hydrogens is 312 g/mol. The van der Waals surface area contributed by atoms with Gasteiger partial charge in [-0.3, -0.25) is 4.98 Å². The second-order valence-electron chi connectivity index (χ2n) is 5.45. The van der Waals surface area contributed by atoms with E-state index < -0.39 is 0 Å². The lowest BCUT2D eigenvalue weighted by atomic mass is 9.90. The molecule has 1 aromatic carbocycles. The first-order chi connectivity index (χ1) is 9.83. The third-order valence-electron chi connectivity index (χ3n) is 4.07. The summed E-state index contributed by atoms with van der Waals surface area (Å²) in [6.45, 7) is 2.28. The second kappa shape index (κ2) is 6.40. The molecule has 0 unspecified atom stereocenters. The van der Waals surface area contributed by atoms with E-state index in [9.17, 15) is 0 Å². The van der Waals surface area contributed by atoms with Crippen LogP contribution in [0, 0.1) is 5.92 Å². The molecule has 0 radical (unpaired) electrons. The van der Waals surface area contributed by atoms with Gasteiger partial charge in [-0.15, -0.1) is 0 Å². The van der Waals surface area contributed by atoms with E-state index in [0.29, 0.717) is 0 Å². The minimum atomic E-state index is 0.814. The van der Waals surface area contributed by atoms with Crippen molar-refractivity contribution in [2.75, 3.05) is 18.0 Å². The van der Waals surface area contributed by atoms with E-state index in [0.717, 1.165) is 23.5 Å². The summed E-state index contributed by atoms with van der Waals surface area (Å²) < 4.78 is 1.10. The Morgan fingerprint density at radius 2 is 1.85 bits per heavy atom. The van der Waals surface area contributed by atoms with Crippen LogP contribution in [0.4, 0.5) is 5.69 Å². The number of aromatic nitrogens is 1. The largest absolute Gasteiger partial charge is 0.371 e. The molecule has 0 amide bonds. The van der Waals surface area contributed by atoms with E-state index in [4.69, 9.17) is 0 Å². The monoisotopic (exact) mass is 330 g/mol. The molecule has 104 valence electrons. The zero-order valence-electron chi connectivity index (χ0n) is 11.5. The average Bonchev–Trinajstić information content (AvgIpc) is 2.50. The van der Waals surface area contributed by atoms with Gasteiger partial charge >= 0.3 is 0 Å². The molecule has 0 N–H and O–H groups in total. The lowest BCUT2D eigenvalue weighted by Crippen LogP contribution is -2.34. The highest BCUT2D eigenvalue weighted by atomic mass is 79.9. The highest BCUT2D eigenvalue weighted by Gasteiger charge is 2.20. The Balaban J connectivity index is 1.59. The maximum Gasteiger partial charge on any atom is 0.0592 e. The van der Waals surface area contributed by atoms with Crippen LogP contribution in [0.5, 0.6) is 0 Å². The Bertz CT molecular complexity index is 548. The van der Waals surface area contributed by atoms with Crippen molar-refractivity contribution in [2.45, 2.75) is 19.3 Å². The van der Waals surface area contributed by atoms with Crippen molar-refractivity contribution < 1.29 is 0 Å². The van der Waals surface area contributed by atoms with Crippen LogP contribution < -0.4 is 4.90 Å². The summed E-state index contributed by atoms with van der Waals surface area (Å²) in [6, 6.07) is 12.9. The van der Waals surface area contributed by atoms with Crippen molar-refractivity contribution >= 4 is 21.6 Å². The highest BCUT2D eigenvalue weighted by Crippen LogP contribution is 2.30. The molecule has 1 saturated heterocycles. The van der Waals surface area contributed by atoms with Crippen LogP contribution >= 0.6 is 15.9 Å². The third kappa shape index (κ3) is 3.21. The first-order valence-electron chi connectivity index (χ1n) is 7.21. The molecular formula is C17H19BrN2. The van der Waals surface area contributed by atoms with Crippen molar-refractivity contribution in [1.29, 1.82) is 0 Å². The molecule has 20 heavy (non-hydrogen) atoms. The Morgan fingerprint density at radius 3 is 2.55 bits per heavy atom. The zero-order chi connectivity index (χ0) is 13.8. The van der Waals surface area contributed by atoms with Gasteiger partial charge in [0.25, 0.3) is 0 Å². The Morgan fingerprint density at radius 1 is 1.10 bits per heavy atom. The molecule has 3 heteroatoms. The zero-order valence-corrected chi connectivity index (χ0v) is 13.1. The van der Waals surface area contributed by atoms with E-state index in [2.05, 4.69) is 62.2 Å². The molecule has 1 aromatic heterocycles. The van der Waals surface area contributed by atoms with Crippen LogP contribution in [0.2, 0.25) is 0 Å². The summed E-state index contributed by atoms with van der Waals surface area (Å²) in [5.74, 6) is 0.814. The number of nitrogens with zero attached hydrogens (tertiary/aromatic N) is 2. The van der Waals surface area contributed by atoms with Gasteiger partial charge in [-0.05, 0) is 52.7 Å². The normalized spacial score (nSPS) is 16.4. The van der Waals surface area contributed by atoms with Gasteiger partial charge in [0.1, 0.15) is 0 Å². The van der Waals surface area contributed by atoms with E-state index in [1.165, 1.54) is 30.5 Å². The molecule has 0 atom stereocenters. The summed E-state index contributed by atoms with van der Waals surface area (Å²) in [5, 5.41) is 0. The molecule has 0 bridgehead atoms. The quantitative estimate of drug-likeness (QED) is 0.833. The fourth-order valence-corrected chi connectivity index (χ4v) is 3.45. The van der Waals surface area contributed by atoms with Crippen molar-refractivity contribution in [3.05, 3.63) is 58.8 Å². The number of hydrogen-bond acceptors (Lipinski definition) is 2. The SMILES string of the molecule is Brc1cnccc1N1CCC(Cc2ccccc2)CC1. The highest BCUT2D eigenvalue weighted by molar-refractivity contribution is 9.10. The number of piperidine rings is 1. The number of pyridine rings is 1. The predicted molar refractivity (Wildman–Crippen MR) is 87.0 cm³/mol. The van der Waals surface area contributed by atoms with E-state index in [-0.39, 0.29) is 0 Å². The smallest absolute Gasteiger partial charge is 0.0592 e. The number of halogens is 1. The second-order valence-corrected chi connectivity index (χ2v) is 6.30. The fourth-order valence-electron chi connectivity index (χ4n) is 2.95. The lowest BCUT2D eigenvalue weighted by molar-refractivity contribution is 0.403. The van der Waals surface area contributed by atoms with Gasteiger partial charge in [-0.1, -0.05) is 30.3 Å². The standard InChI is InChI=1S/C17H19BrN2/c18-16-13-19-9-6-17(16)20-10-7-15(8-11-20)12-14-4-2-1-3-5-14/h1-6,9,13,15H,7-8,10-12H2. The molecule has 1 aliphatic heterocycles. The third-order valence-corrected chi connectivity index (χ3v) is 4.68. The van der Waals surface area contributed by atoms with Crippen LogP contribution in [0.25, 0.3) is 0 Å². The van der Waals surface area contributed by atoms with Gasteiger partial charge in [0.2, 0.25) is 0 Å². The first-order valence-corrected chi connectivity index (χ1v) is 8.00. The maximum atomic E-state index is 4.14. The van der Waals surface area contributed by atoms with Crippen LogP contribution in [-0.2, 0) is 6.42 Å². The molecule has 0 spiro atoms. The summed E-state index contributed by atoms with van der Waals surface area (Å²) in [4.78, 5) is 6.60. The lowest BCUT2D eigenvalue weighted by Gasteiger charge is -2.34. The minimum absolute atomic E-state index is 0.814. The number of hydrogen-bond donors (Lipinski definition) is 0. The van der Waals surface area contributed by atoms with Gasteiger partial charge in [0, 0.05) is 25.5 Å². The topological polar surface area (TPSA) is 16.1 Å². The maximum absolute atomic E-state index is 4.14. The minimum Gasteiger partial charge on any atom is -0.371 e. The Hall–Kier alpha value is -1.35. The van der Waals surface area contributed by atoms with Gasteiger partial charge in [0.05, 0.1) is 10.2 Å². The number of benzene rings is 1. The summed E-state index contributed by atoms with van der Waals surface area (Å²) in [5.41, 5.74) is 2.74. The first kappa shape index (κ1) is 13.6. The molecule has 2 heterocycles. The molecule has 3 rings (SSSR count). The molecule has 0 aliphatic carbocycles. The molecule has 1 fully saturated rings. The molecule has 0 saturated carbocycles.